The summed E-state index contributed by atoms with van der Waals surface area (Å²) in [4.78, 5) is 14.0. The zero-order chi connectivity index (χ0) is 11.6. The number of hydrogen-bond acceptors (Lipinski definition) is 3. The molecule has 0 amide bonds. The number of rotatable bonds is 3. The van der Waals surface area contributed by atoms with Gasteiger partial charge in [0, 0.05) is 6.07 Å². The first-order valence-corrected chi connectivity index (χ1v) is 4.81. The number of hydrogen-bond donors (Lipinski definition) is 1. The van der Waals surface area contributed by atoms with Crippen LogP contribution in [-0.2, 0) is 0 Å². The van der Waals surface area contributed by atoms with Gasteiger partial charge in [-0.05, 0) is 22.6 Å². The molecule has 0 saturated heterocycles. The number of nitrogens with zero attached hydrogens (tertiary/aromatic N) is 1. The Bertz CT molecular complexity index is 398. The lowest BCUT2D eigenvalue weighted by atomic mass is 10.3. The molecule has 0 aliphatic heterocycles. The predicted octanol–water partition coefficient (Wildman–Crippen LogP) is 2.33. The van der Waals surface area contributed by atoms with E-state index in [4.69, 9.17) is 9.84 Å². The molecule has 7 heteroatoms. The minimum Gasteiger partial charge on any atom is -0.495 e. The van der Waals surface area contributed by atoms with Crippen LogP contribution < -0.4 is 4.74 Å². The molecule has 0 atom stereocenters. The van der Waals surface area contributed by atoms with E-state index in [9.17, 15) is 13.6 Å². The van der Waals surface area contributed by atoms with E-state index in [0.29, 0.717) is 0 Å². The van der Waals surface area contributed by atoms with E-state index in [1.54, 1.807) is 22.6 Å². The molecule has 0 aliphatic carbocycles. The van der Waals surface area contributed by atoms with Crippen molar-refractivity contribution in [1.29, 1.82) is 0 Å². The standard InChI is InChI=1S/C8H6F2INO3/c1-15-4-2-3(7(9)10)12-6(5(4)11)8(13)14/h2,7H,1H3,(H,13,14). The van der Waals surface area contributed by atoms with Crippen molar-refractivity contribution in [3.63, 3.8) is 0 Å². The molecule has 1 aromatic rings. The molecule has 82 valence electrons. The Morgan fingerprint density at radius 2 is 2.27 bits per heavy atom. The highest BCUT2D eigenvalue weighted by molar-refractivity contribution is 14.1. The fourth-order valence-corrected chi connectivity index (χ4v) is 1.65. The second-order valence-electron chi connectivity index (χ2n) is 2.52. The Morgan fingerprint density at radius 1 is 1.67 bits per heavy atom. The highest BCUT2D eigenvalue weighted by Crippen LogP contribution is 2.28. The normalized spacial score (nSPS) is 10.5. The number of methoxy groups -OCH3 is 1. The lowest BCUT2D eigenvalue weighted by molar-refractivity contribution is 0.0686. The van der Waals surface area contributed by atoms with Gasteiger partial charge >= 0.3 is 5.97 Å². The van der Waals surface area contributed by atoms with E-state index in [-0.39, 0.29) is 9.32 Å². The van der Waals surface area contributed by atoms with Crippen LogP contribution in [0.1, 0.15) is 22.6 Å². The topological polar surface area (TPSA) is 59.4 Å². The number of aromatic carboxylic acids is 1. The van der Waals surface area contributed by atoms with Crippen LogP contribution in [0.4, 0.5) is 8.78 Å². The molecule has 0 saturated carbocycles. The number of carboxylic acids is 1. The van der Waals surface area contributed by atoms with Gasteiger partial charge in [0.05, 0.1) is 10.7 Å². The molecule has 15 heavy (non-hydrogen) atoms. The van der Waals surface area contributed by atoms with Crippen LogP contribution in [0.3, 0.4) is 0 Å². The van der Waals surface area contributed by atoms with Crippen LogP contribution in [0.15, 0.2) is 6.07 Å². The zero-order valence-corrected chi connectivity index (χ0v) is 9.66. The molecule has 1 N–H and O–H groups in total. The van der Waals surface area contributed by atoms with Crippen molar-refractivity contribution in [3.05, 3.63) is 21.0 Å². The summed E-state index contributed by atoms with van der Waals surface area (Å²) in [5, 5.41) is 8.72. The molecular weight excluding hydrogens is 323 g/mol. The number of carboxylic acid groups (broad SMARTS) is 1. The van der Waals surface area contributed by atoms with E-state index in [1.807, 2.05) is 0 Å². The number of halogens is 3. The average molecular weight is 329 g/mol. The van der Waals surface area contributed by atoms with Gasteiger partial charge in [0.1, 0.15) is 11.4 Å². The van der Waals surface area contributed by atoms with Crippen molar-refractivity contribution in [3.8, 4) is 5.75 Å². The minimum absolute atomic E-state index is 0.0818. The lowest BCUT2D eigenvalue weighted by Crippen LogP contribution is -2.08. The summed E-state index contributed by atoms with van der Waals surface area (Å²) in [7, 11) is 1.28. The van der Waals surface area contributed by atoms with E-state index in [2.05, 4.69) is 4.98 Å². The molecule has 0 fully saturated rings. The molecular formula is C8H6F2INO3. The third-order valence-electron chi connectivity index (χ3n) is 1.59. The summed E-state index contributed by atoms with van der Waals surface area (Å²) >= 11 is 1.68. The van der Waals surface area contributed by atoms with Crippen molar-refractivity contribution in [2.75, 3.05) is 7.11 Å². The van der Waals surface area contributed by atoms with Gasteiger partial charge in [0.2, 0.25) is 0 Å². The number of aromatic nitrogens is 1. The van der Waals surface area contributed by atoms with Crippen molar-refractivity contribution in [2.24, 2.45) is 0 Å². The number of pyridine rings is 1. The monoisotopic (exact) mass is 329 g/mol. The Hall–Kier alpha value is -0.990. The van der Waals surface area contributed by atoms with Crippen LogP contribution >= 0.6 is 22.6 Å². The minimum atomic E-state index is -2.83. The third kappa shape index (κ3) is 2.52. The highest BCUT2D eigenvalue weighted by Gasteiger charge is 2.20. The highest BCUT2D eigenvalue weighted by atomic mass is 127. The maximum Gasteiger partial charge on any atom is 0.355 e. The van der Waals surface area contributed by atoms with Crippen LogP contribution in [0.25, 0.3) is 0 Å². The molecule has 0 radical (unpaired) electrons. The second-order valence-corrected chi connectivity index (χ2v) is 3.60. The van der Waals surface area contributed by atoms with Crippen molar-refractivity contribution in [2.45, 2.75) is 6.43 Å². The SMILES string of the molecule is COc1cc(C(F)F)nc(C(=O)O)c1I. The Kier molecular flexibility index (Phi) is 3.77. The molecule has 0 aromatic carbocycles. The summed E-state index contributed by atoms with van der Waals surface area (Å²) in [6.07, 6.45) is -2.83. The molecule has 0 unspecified atom stereocenters. The van der Waals surface area contributed by atoms with E-state index >= 15 is 0 Å². The lowest BCUT2D eigenvalue weighted by Gasteiger charge is -2.08. The van der Waals surface area contributed by atoms with Gasteiger partial charge in [-0.1, -0.05) is 0 Å². The van der Waals surface area contributed by atoms with Crippen molar-refractivity contribution < 1.29 is 23.4 Å². The quantitative estimate of drug-likeness (QED) is 0.865. The average Bonchev–Trinajstić information content (AvgIpc) is 2.17. The van der Waals surface area contributed by atoms with Crippen LogP contribution in [0.2, 0.25) is 0 Å². The molecule has 0 bridgehead atoms. The van der Waals surface area contributed by atoms with Crippen molar-refractivity contribution >= 4 is 28.6 Å². The smallest absolute Gasteiger partial charge is 0.355 e. The van der Waals surface area contributed by atoms with E-state index < -0.39 is 23.8 Å². The number of carbonyl (C=O) groups is 1. The first kappa shape index (κ1) is 12.1. The van der Waals surface area contributed by atoms with Crippen molar-refractivity contribution in [1.82, 2.24) is 4.98 Å². The Labute approximate surface area is 97.4 Å². The largest absolute Gasteiger partial charge is 0.495 e. The van der Waals surface area contributed by atoms with Gasteiger partial charge in [-0.2, -0.15) is 0 Å². The predicted molar refractivity (Wildman–Crippen MR) is 55.4 cm³/mol. The molecule has 0 aliphatic rings. The van der Waals surface area contributed by atoms with E-state index in [0.717, 1.165) is 6.07 Å². The molecule has 1 heterocycles. The van der Waals surface area contributed by atoms with Crippen LogP contribution in [-0.4, -0.2) is 23.2 Å². The summed E-state index contributed by atoms with van der Waals surface area (Å²) < 4.78 is 29.7. The molecule has 0 spiro atoms. The third-order valence-corrected chi connectivity index (χ3v) is 2.63. The van der Waals surface area contributed by atoms with Crippen LogP contribution in [0.5, 0.6) is 5.75 Å². The zero-order valence-electron chi connectivity index (χ0n) is 7.50. The van der Waals surface area contributed by atoms with E-state index in [1.165, 1.54) is 7.11 Å². The number of alkyl halides is 2. The Balaban J connectivity index is 3.38. The summed E-state index contributed by atoms with van der Waals surface area (Å²) in [6.45, 7) is 0. The maximum absolute atomic E-state index is 12.3. The first-order chi connectivity index (χ1) is 6.97. The second kappa shape index (κ2) is 4.69. The van der Waals surface area contributed by atoms with Gasteiger partial charge in [-0.3, -0.25) is 0 Å². The Morgan fingerprint density at radius 3 is 2.67 bits per heavy atom. The van der Waals surface area contributed by atoms with Crippen LogP contribution in [0, 0.1) is 3.57 Å². The summed E-state index contributed by atoms with van der Waals surface area (Å²) in [6, 6.07) is 1.03. The summed E-state index contributed by atoms with van der Waals surface area (Å²) in [5.74, 6) is -1.28. The fourth-order valence-electron chi connectivity index (χ4n) is 0.927. The van der Waals surface area contributed by atoms with Gasteiger partial charge in [0.25, 0.3) is 6.43 Å². The summed E-state index contributed by atoms with van der Waals surface area (Å²) in [5.41, 5.74) is -1.03. The molecule has 1 rings (SSSR count). The number of ether oxygens (including phenoxy) is 1. The van der Waals surface area contributed by atoms with Gasteiger partial charge < -0.3 is 9.84 Å². The van der Waals surface area contributed by atoms with Gasteiger partial charge in [-0.15, -0.1) is 0 Å². The first-order valence-electron chi connectivity index (χ1n) is 3.73. The van der Waals surface area contributed by atoms with Gasteiger partial charge in [0.15, 0.2) is 5.69 Å². The fraction of sp³-hybridized carbons (Fsp3) is 0.250. The maximum atomic E-state index is 12.3. The molecule has 4 nitrogen and oxygen atoms in total. The van der Waals surface area contributed by atoms with Gasteiger partial charge in [-0.25, -0.2) is 18.6 Å². The molecule has 1 aromatic heterocycles.